The van der Waals surface area contributed by atoms with Crippen molar-refractivity contribution in [3.05, 3.63) is 22.2 Å². The molecule has 3 rings (SSSR count). The lowest BCUT2D eigenvalue weighted by atomic mass is 9.92. The molecule has 6 heteroatoms. The van der Waals surface area contributed by atoms with E-state index in [2.05, 4.69) is 5.10 Å². The number of fused-ring (bicyclic) bond motifs is 3. The monoisotopic (exact) mass is 308 g/mol. The summed E-state index contributed by atoms with van der Waals surface area (Å²) >= 11 is 3.23. The standard InChI is InChI=1S/C14H16N2O2S2/c1-4-18-13(17)12-9-6-5-8-7-15-16(2)11(8)10(9)14(19-3)20-12/h7H,4-6H2,1-3H3. The van der Waals surface area contributed by atoms with Gasteiger partial charge >= 0.3 is 5.97 Å². The molecule has 0 aromatic carbocycles. The highest BCUT2D eigenvalue weighted by atomic mass is 32.2. The zero-order chi connectivity index (χ0) is 14.3. The lowest BCUT2D eigenvalue weighted by Gasteiger charge is -2.15. The van der Waals surface area contributed by atoms with E-state index in [9.17, 15) is 4.79 Å². The fourth-order valence-corrected chi connectivity index (χ4v) is 4.66. The number of nitrogens with zero attached hydrogens (tertiary/aromatic N) is 2. The Kier molecular flexibility index (Phi) is 3.60. The van der Waals surface area contributed by atoms with Gasteiger partial charge in [0.25, 0.3) is 0 Å². The Labute approximate surface area is 126 Å². The Balaban J connectivity index is 2.19. The smallest absolute Gasteiger partial charge is 0.348 e. The number of carbonyl (C=O) groups excluding carboxylic acids is 1. The van der Waals surface area contributed by atoms with E-state index in [-0.39, 0.29) is 5.97 Å². The van der Waals surface area contributed by atoms with E-state index in [1.807, 2.05) is 31.1 Å². The lowest BCUT2D eigenvalue weighted by Crippen LogP contribution is -2.10. The van der Waals surface area contributed by atoms with E-state index in [4.69, 9.17) is 4.74 Å². The van der Waals surface area contributed by atoms with E-state index in [0.29, 0.717) is 6.61 Å². The summed E-state index contributed by atoms with van der Waals surface area (Å²) in [4.78, 5) is 12.9. The minimum absolute atomic E-state index is 0.195. The van der Waals surface area contributed by atoms with Crippen LogP contribution in [0.3, 0.4) is 0 Å². The Morgan fingerprint density at radius 2 is 2.35 bits per heavy atom. The minimum Gasteiger partial charge on any atom is -0.462 e. The summed E-state index contributed by atoms with van der Waals surface area (Å²) in [6.45, 7) is 2.25. The highest BCUT2D eigenvalue weighted by molar-refractivity contribution is 8.00. The van der Waals surface area contributed by atoms with Crippen molar-refractivity contribution < 1.29 is 9.53 Å². The van der Waals surface area contributed by atoms with E-state index >= 15 is 0 Å². The number of ether oxygens (including phenoxy) is 1. The molecule has 0 saturated heterocycles. The van der Waals surface area contributed by atoms with Gasteiger partial charge in [-0.05, 0) is 37.1 Å². The molecular weight excluding hydrogens is 292 g/mol. The van der Waals surface area contributed by atoms with Crippen LogP contribution in [0.4, 0.5) is 0 Å². The summed E-state index contributed by atoms with van der Waals surface area (Å²) in [6, 6.07) is 0. The molecule has 0 spiro atoms. The average molecular weight is 308 g/mol. The molecule has 0 radical (unpaired) electrons. The van der Waals surface area contributed by atoms with Crippen molar-refractivity contribution in [1.29, 1.82) is 0 Å². The predicted octanol–water partition coefficient (Wildman–Crippen LogP) is 3.15. The molecule has 0 fully saturated rings. The third-order valence-corrected chi connectivity index (χ3v) is 5.85. The van der Waals surface area contributed by atoms with Gasteiger partial charge in [0.1, 0.15) is 4.88 Å². The number of hydrogen-bond donors (Lipinski definition) is 0. The minimum atomic E-state index is -0.195. The molecule has 1 aliphatic carbocycles. The molecular formula is C14H16N2O2S2. The Bertz CT molecular complexity index is 673. The van der Waals surface area contributed by atoms with Crippen LogP contribution >= 0.6 is 23.1 Å². The van der Waals surface area contributed by atoms with Crippen molar-refractivity contribution in [3.8, 4) is 11.3 Å². The Morgan fingerprint density at radius 1 is 1.55 bits per heavy atom. The van der Waals surface area contributed by atoms with Crippen molar-refractivity contribution in [1.82, 2.24) is 9.78 Å². The molecule has 106 valence electrons. The number of rotatable bonds is 3. The van der Waals surface area contributed by atoms with Gasteiger partial charge in [0.15, 0.2) is 0 Å². The Hall–Kier alpha value is -1.27. The summed E-state index contributed by atoms with van der Waals surface area (Å²) in [5, 5.41) is 4.36. The molecule has 0 bridgehead atoms. The molecule has 0 atom stereocenters. The zero-order valence-electron chi connectivity index (χ0n) is 11.7. The van der Waals surface area contributed by atoms with Crippen LogP contribution in [0.25, 0.3) is 11.3 Å². The van der Waals surface area contributed by atoms with Crippen LogP contribution in [0.5, 0.6) is 0 Å². The first-order valence-electron chi connectivity index (χ1n) is 6.55. The van der Waals surface area contributed by atoms with E-state index in [1.165, 1.54) is 15.3 Å². The van der Waals surface area contributed by atoms with Gasteiger partial charge in [-0.3, -0.25) is 4.68 Å². The van der Waals surface area contributed by atoms with Crippen molar-refractivity contribution >= 4 is 29.1 Å². The predicted molar refractivity (Wildman–Crippen MR) is 81.7 cm³/mol. The van der Waals surface area contributed by atoms with Crippen LogP contribution in [0.1, 0.15) is 27.7 Å². The van der Waals surface area contributed by atoms with Gasteiger partial charge in [-0.15, -0.1) is 23.1 Å². The number of aromatic nitrogens is 2. The first-order valence-corrected chi connectivity index (χ1v) is 8.59. The van der Waals surface area contributed by atoms with E-state index in [1.54, 1.807) is 23.1 Å². The summed E-state index contributed by atoms with van der Waals surface area (Å²) in [6.07, 6.45) is 5.81. The number of aryl methyl sites for hydroxylation is 2. The van der Waals surface area contributed by atoms with Crippen LogP contribution in [-0.2, 0) is 24.6 Å². The second-order valence-electron chi connectivity index (χ2n) is 4.64. The van der Waals surface area contributed by atoms with Gasteiger partial charge in [-0.25, -0.2) is 4.79 Å². The molecule has 0 N–H and O–H groups in total. The molecule has 0 amide bonds. The van der Waals surface area contributed by atoms with Crippen molar-refractivity contribution in [2.24, 2.45) is 7.05 Å². The summed E-state index contributed by atoms with van der Waals surface area (Å²) in [5.41, 5.74) is 4.74. The number of esters is 1. The van der Waals surface area contributed by atoms with Gasteiger partial charge in [-0.1, -0.05) is 0 Å². The molecule has 0 saturated carbocycles. The van der Waals surface area contributed by atoms with Gasteiger partial charge < -0.3 is 4.74 Å². The van der Waals surface area contributed by atoms with Gasteiger partial charge in [0.05, 0.1) is 22.7 Å². The average Bonchev–Trinajstić information content (AvgIpc) is 2.99. The molecule has 2 aromatic rings. The highest BCUT2D eigenvalue weighted by Gasteiger charge is 2.30. The van der Waals surface area contributed by atoms with Gasteiger partial charge in [0.2, 0.25) is 0 Å². The first-order chi connectivity index (χ1) is 9.67. The van der Waals surface area contributed by atoms with E-state index in [0.717, 1.165) is 29.0 Å². The second-order valence-corrected chi connectivity index (χ2v) is 6.73. The highest BCUT2D eigenvalue weighted by Crippen LogP contribution is 2.46. The summed E-state index contributed by atoms with van der Waals surface area (Å²) in [7, 11) is 1.96. The lowest BCUT2D eigenvalue weighted by molar-refractivity contribution is 0.0531. The molecule has 2 aromatic heterocycles. The van der Waals surface area contributed by atoms with Crippen LogP contribution in [0.15, 0.2) is 10.4 Å². The molecule has 4 nitrogen and oxygen atoms in total. The largest absolute Gasteiger partial charge is 0.462 e. The van der Waals surface area contributed by atoms with Crippen LogP contribution in [0, 0.1) is 0 Å². The topological polar surface area (TPSA) is 44.1 Å². The van der Waals surface area contributed by atoms with Crippen molar-refractivity contribution in [3.63, 3.8) is 0 Å². The molecule has 1 aliphatic rings. The normalized spacial score (nSPS) is 12.9. The second kappa shape index (κ2) is 5.26. The zero-order valence-corrected chi connectivity index (χ0v) is 13.4. The van der Waals surface area contributed by atoms with Crippen LogP contribution in [0.2, 0.25) is 0 Å². The Morgan fingerprint density at radius 3 is 3.05 bits per heavy atom. The molecule has 2 heterocycles. The third-order valence-electron chi connectivity index (χ3n) is 3.52. The van der Waals surface area contributed by atoms with Gasteiger partial charge in [-0.2, -0.15) is 5.10 Å². The number of thioether (sulfide) groups is 1. The fourth-order valence-electron chi connectivity index (χ4n) is 2.67. The quantitative estimate of drug-likeness (QED) is 0.645. The van der Waals surface area contributed by atoms with Crippen LogP contribution in [-0.4, -0.2) is 28.6 Å². The number of thiophene rings is 1. The van der Waals surface area contributed by atoms with Crippen molar-refractivity contribution in [2.75, 3.05) is 12.9 Å². The maximum Gasteiger partial charge on any atom is 0.348 e. The SMILES string of the molecule is CCOC(=O)c1sc(SC)c2c1CCc1cnn(C)c1-2. The molecule has 0 aliphatic heterocycles. The fraction of sp³-hybridized carbons (Fsp3) is 0.429. The number of carbonyl (C=O) groups is 1. The maximum absolute atomic E-state index is 12.1. The summed E-state index contributed by atoms with van der Waals surface area (Å²) in [5.74, 6) is -0.195. The third kappa shape index (κ3) is 1.98. The first kappa shape index (κ1) is 13.7. The number of hydrogen-bond acceptors (Lipinski definition) is 5. The molecule has 20 heavy (non-hydrogen) atoms. The summed E-state index contributed by atoms with van der Waals surface area (Å²) < 4.78 is 8.28. The maximum atomic E-state index is 12.1. The molecule has 0 unspecified atom stereocenters. The van der Waals surface area contributed by atoms with Crippen molar-refractivity contribution in [2.45, 2.75) is 24.0 Å². The van der Waals surface area contributed by atoms with Gasteiger partial charge in [0, 0.05) is 12.6 Å². The van der Waals surface area contributed by atoms with Crippen LogP contribution < -0.4 is 0 Å². The van der Waals surface area contributed by atoms with E-state index < -0.39 is 0 Å².